The van der Waals surface area contributed by atoms with Gasteiger partial charge in [-0.3, -0.25) is 4.79 Å². The van der Waals surface area contributed by atoms with Gasteiger partial charge in [-0.05, 0) is 50.2 Å². The van der Waals surface area contributed by atoms with Gasteiger partial charge in [-0.15, -0.1) is 0 Å². The Kier molecular flexibility index (Phi) is 6.49. The fraction of sp³-hybridized carbons (Fsp3) is 0.316. The van der Waals surface area contributed by atoms with Crippen LogP contribution in [0.25, 0.3) is 0 Å². The highest BCUT2D eigenvalue weighted by Crippen LogP contribution is 2.18. The van der Waals surface area contributed by atoms with E-state index in [9.17, 15) is 4.79 Å². The molecule has 0 aliphatic heterocycles. The second-order valence-electron chi connectivity index (χ2n) is 5.35. The Bertz CT molecular complexity index is 652. The minimum atomic E-state index is -0.101. The van der Waals surface area contributed by atoms with E-state index >= 15 is 0 Å². The summed E-state index contributed by atoms with van der Waals surface area (Å²) in [5, 5.41) is 5.98. The molecule has 0 aliphatic rings. The molecule has 1 amide bonds. The van der Waals surface area contributed by atoms with Crippen molar-refractivity contribution < 1.29 is 9.53 Å². The third-order valence-corrected chi connectivity index (χ3v) is 3.80. The van der Waals surface area contributed by atoms with Gasteiger partial charge in [0.05, 0.1) is 13.7 Å². The smallest absolute Gasteiger partial charge is 0.243 e. The predicted molar refractivity (Wildman–Crippen MR) is 100 cm³/mol. The van der Waals surface area contributed by atoms with Crippen molar-refractivity contribution in [2.24, 2.45) is 0 Å². The number of nitrogens with one attached hydrogen (secondary N) is 2. The number of hydrogen-bond acceptors (Lipinski definition) is 4. The fourth-order valence-corrected chi connectivity index (χ4v) is 2.47. The SMILES string of the molecule is CCN(CC)c1ccc(NCC(=O)Nc2cccc(OC)c2)cc1. The van der Waals surface area contributed by atoms with Crippen LogP contribution in [-0.2, 0) is 4.79 Å². The highest BCUT2D eigenvalue weighted by molar-refractivity contribution is 5.93. The average Bonchev–Trinajstić information content (AvgIpc) is 2.62. The number of methoxy groups -OCH3 is 1. The summed E-state index contributed by atoms with van der Waals surface area (Å²) in [7, 11) is 1.60. The molecule has 0 aromatic heterocycles. The van der Waals surface area contributed by atoms with Gasteiger partial charge >= 0.3 is 0 Å². The summed E-state index contributed by atoms with van der Waals surface area (Å²) in [4.78, 5) is 14.3. The van der Waals surface area contributed by atoms with Crippen LogP contribution in [0.3, 0.4) is 0 Å². The number of nitrogens with zero attached hydrogens (tertiary/aromatic N) is 1. The molecule has 0 fully saturated rings. The van der Waals surface area contributed by atoms with Gasteiger partial charge in [-0.1, -0.05) is 6.07 Å². The highest BCUT2D eigenvalue weighted by atomic mass is 16.5. The molecule has 2 aromatic carbocycles. The molecule has 24 heavy (non-hydrogen) atoms. The van der Waals surface area contributed by atoms with Crippen molar-refractivity contribution in [3.05, 3.63) is 48.5 Å². The Balaban J connectivity index is 1.87. The number of ether oxygens (including phenoxy) is 1. The number of anilines is 3. The quantitative estimate of drug-likeness (QED) is 0.778. The normalized spacial score (nSPS) is 10.1. The maximum atomic E-state index is 12.0. The van der Waals surface area contributed by atoms with Crippen molar-refractivity contribution in [2.45, 2.75) is 13.8 Å². The summed E-state index contributed by atoms with van der Waals surface area (Å²) in [5.74, 6) is 0.615. The number of carbonyl (C=O) groups is 1. The number of rotatable bonds is 8. The van der Waals surface area contributed by atoms with Crippen molar-refractivity contribution in [2.75, 3.05) is 42.3 Å². The van der Waals surface area contributed by atoms with Crippen LogP contribution in [0.4, 0.5) is 17.1 Å². The Morgan fingerprint density at radius 2 is 1.75 bits per heavy atom. The van der Waals surface area contributed by atoms with E-state index in [4.69, 9.17) is 4.74 Å². The highest BCUT2D eigenvalue weighted by Gasteiger charge is 2.05. The molecule has 128 valence electrons. The Labute approximate surface area is 143 Å². The van der Waals surface area contributed by atoms with Gasteiger partial charge in [0.25, 0.3) is 0 Å². The maximum Gasteiger partial charge on any atom is 0.243 e. The Hall–Kier alpha value is -2.69. The topological polar surface area (TPSA) is 53.6 Å². The Morgan fingerprint density at radius 3 is 2.38 bits per heavy atom. The molecular formula is C19H25N3O2. The molecule has 0 bridgehead atoms. The fourth-order valence-electron chi connectivity index (χ4n) is 2.47. The first-order chi connectivity index (χ1) is 11.7. The predicted octanol–water partition coefficient (Wildman–Crippen LogP) is 3.59. The van der Waals surface area contributed by atoms with Gasteiger partial charge in [-0.25, -0.2) is 0 Å². The molecule has 0 heterocycles. The van der Waals surface area contributed by atoms with Crippen LogP contribution < -0.4 is 20.3 Å². The van der Waals surface area contributed by atoms with E-state index in [-0.39, 0.29) is 12.5 Å². The first kappa shape index (κ1) is 17.7. The van der Waals surface area contributed by atoms with E-state index in [1.807, 2.05) is 30.3 Å². The summed E-state index contributed by atoms with van der Waals surface area (Å²) in [6.07, 6.45) is 0. The van der Waals surface area contributed by atoms with Gasteiger partial charge in [0.1, 0.15) is 5.75 Å². The van der Waals surface area contributed by atoms with Crippen LogP contribution in [0.1, 0.15) is 13.8 Å². The summed E-state index contributed by atoms with van der Waals surface area (Å²) in [6, 6.07) is 15.4. The van der Waals surface area contributed by atoms with Crippen molar-refractivity contribution in [3.63, 3.8) is 0 Å². The van der Waals surface area contributed by atoms with Crippen molar-refractivity contribution >= 4 is 23.0 Å². The molecule has 0 atom stereocenters. The number of hydrogen-bond donors (Lipinski definition) is 2. The molecule has 0 aliphatic carbocycles. The summed E-state index contributed by atoms with van der Waals surface area (Å²) in [5.41, 5.74) is 2.83. The van der Waals surface area contributed by atoms with Crippen LogP contribution in [0.15, 0.2) is 48.5 Å². The average molecular weight is 327 g/mol. The molecule has 2 aromatic rings. The summed E-state index contributed by atoms with van der Waals surface area (Å²) in [6.45, 7) is 6.44. The zero-order valence-corrected chi connectivity index (χ0v) is 14.5. The molecule has 0 unspecified atom stereocenters. The van der Waals surface area contributed by atoms with Crippen LogP contribution >= 0.6 is 0 Å². The first-order valence-electron chi connectivity index (χ1n) is 8.19. The van der Waals surface area contributed by atoms with Crippen molar-refractivity contribution in [1.29, 1.82) is 0 Å². The maximum absolute atomic E-state index is 12.0. The molecule has 0 saturated heterocycles. The van der Waals surface area contributed by atoms with Crippen LogP contribution in [0.5, 0.6) is 5.75 Å². The molecule has 0 spiro atoms. The molecular weight excluding hydrogens is 302 g/mol. The monoisotopic (exact) mass is 327 g/mol. The van der Waals surface area contributed by atoms with E-state index in [1.165, 1.54) is 5.69 Å². The van der Waals surface area contributed by atoms with E-state index < -0.39 is 0 Å². The third-order valence-electron chi connectivity index (χ3n) is 3.80. The Morgan fingerprint density at radius 1 is 1.04 bits per heavy atom. The van der Waals surface area contributed by atoms with Crippen molar-refractivity contribution in [3.8, 4) is 5.75 Å². The van der Waals surface area contributed by atoms with E-state index in [0.717, 1.165) is 24.5 Å². The van der Waals surface area contributed by atoms with E-state index in [0.29, 0.717) is 5.75 Å². The minimum absolute atomic E-state index is 0.101. The lowest BCUT2D eigenvalue weighted by molar-refractivity contribution is -0.114. The van der Waals surface area contributed by atoms with Crippen molar-refractivity contribution in [1.82, 2.24) is 0 Å². The second kappa shape index (κ2) is 8.82. The van der Waals surface area contributed by atoms with Gasteiger partial charge in [0, 0.05) is 36.2 Å². The number of benzene rings is 2. The zero-order chi connectivity index (χ0) is 17.4. The van der Waals surface area contributed by atoms with Gasteiger partial charge in [0.15, 0.2) is 0 Å². The zero-order valence-electron chi connectivity index (χ0n) is 14.5. The van der Waals surface area contributed by atoms with E-state index in [1.54, 1.807) is 13.2 Å². The summed E-state index contributed by atoms with van der Waals surface area (Å²) < 4.78 is 5.14. The molecule has 5 heteroatoms. The summed E-state index contributed by atoms with van der Waals surface area (Å²) >= 11 is 0. The number of amides is 1. The molecule has 2 N–H and O–H groups in total. The molecule has 0 radical (unpaired) electrons. The van der Waals surface area contributed by atoms with Crippen LogP contribution in [-0.4, -0.2) is 32.7 Å². The lowest BCUT2D eigenvalue weighted by atomic mass is 10.2. The number of carbonyl (C=O) groups excluding carboxylic acids is 1. The van der Waals surface area contributed by atoms with Gasteiger partial charge in [-0.2, -0.15) is 0 Å². The molecule has 0 saturated carbocycles. The molecule has 5 nitrogen and oxygen atoms in total. The first-order valence-corrected chi connectivity index (χ1v) is 8.19. The third kappa shape index (κ3) is 4.91. The minimum Gasteiger partial charge on any atom is -0.497 e. The van der Waals surface area contributed by atoms with Crippen LogP contribution in [0.2, 0.25) is 0 Å². The van der Waals surface area contributed by atoms with Gasteiger partial charge < -0.3 is 20.3 Å². The molecule has 2 rings (SSSR count). The van der Waals surface area contributed by atoms with Gasteiger partial charge in [0.2, 0.25) is 5.91 Å². The lowest BCUT2D eigenvalue weighted by Gasteiger charge is -2.21. The largest absolute Gasteiger partial charge is 0.497 e. The standard InChI is InChI=1S/C19H25N3O2/c1-4-22(5-2)17-11-9-15(10-12-17)20-14-19(23)21-16-7-6-8-18(13-16)24-3/h6-13,20H,4-5,14H2,1-3H3,(H,21,23). The lowest BCUT2D eigenvalue weighted by Crippen LogP contribution is -2.22. The van der Waals surface area contributed by atoms with E-state index in [2.05, 4.69) is 41.5 Å². The second-order valence-corrected chi connectivity index (χ2v) is 5.35. The van der Waals surface area contributed by atoms with Crippen LogP contribution in [0, 0.1) is 0 Å².